The standard InChI is InChI=1S/C12H10INO4/c1-2-18-10(15)6-14-9-4-3-7(13)5-8(9)11(16)12(14)17/h3-5H,2,6H2,1H3. The Kier molecular flexibility index (Phi) is 3.65. The van der Waals surface area contributed by atoms with Gasteiger partial charge >= 0.3 is 5.97 Å². The van der Waals surface area contributed by atoms with Crippen LogP contribution in [-0.4, -0.2) is 30.8 Å². The van der Waals surface area contributed by atoms with Gasteiger partial charge in [-0.1, -0.05) is 0 Å². The van der Waals surface area contributed by atoms with Gasteiger partial charge in [-0.05, 0) is 47.7 Å². The number of fused-ring (bicyclic) bond motifs is 1. The summed E-state index contributed by atoms with van der Waals surface area (Å²) in [6.45, 7) is 1.70. The molecule has 0 spiro atoms. The van der Waals surface area contributed by atoms with Crippen LogP contribution in [0.3, 0.4) is 0 Å². The third-order valence-corrected chi connectivity index (χ3v) is 3.20. The van der Waals surface area contributed by atoms with Crippen molar-refractivity contribution in [1.29, 1.82) is 0 Å². The first-order valence-corrected chi connectivity index (χ1v) is 6.44. The molecule has 0 saturated carbocycles. The van der Waals surface area contributed by atoms with E-state index < -0.39 is 17.7 Å². The maximum absolute atomic E-state index is 11.8. The lowest BCUT2D eigenvalue weighted by Crippen LogP contribution is -2.35. The number of carbonyl (C=O) groups is 3. The second-order valence-corrected chi connectivity index (χ2v) is 4.93. The first-order chi connectivity index (χ1) is 8.54. The summed E-state index contributed by atoms with van der Waals surface area (Å²) in [5.41, 5.74) is 0.815. The molecule has 0 N–H and O–H groups in total. The minimum Gasteiger partial charge on any atom is -0.465 e. The molecule has 1 amide bonds. The molecule has 1 heterocycles. The molecule has 94 valence electrons. The van der Waals surface area contributed by atoms with Gasteiger partial charge in [0.15, 0.2) is 0 Å². The Balaban J connectivity index is 2.31. The van der Waals surface area contributed by atoms with Gasteiger partial charge in [-0.25, -0.2) is 0 Å². The van der Waals surface area contributed by atoms with Crippen molar-refractivity contribution in [3.8, 4) is 0 Å². The Labute approximate surface area is 117 Å². The van der Waals surface area contributed by atoms with Crippen LogP contribution in [0.25, 0.3) is 0 Å². The van der Waals surface area contributed by atoms with Gasteiger partial charge in [-0.15, -0.1) is 0 Å². The maximum atomic E-state index is 11.8. The van der Waals surface area contributed by atoms with Crippen molar-refractivity contribution in [2.45, 2.75) is 6.92 Å². The molecule has 0 radical (unpaired) electrons. The van der Waals surface area contributed by atoms with Crippen molar-refractivity contribution in [2.75, 3.05) is 18.1 Å². The van der Waals surface area contributed by atoms with Gasteiger partial charge in [-0.2, -0.15) is 0 Å². The number of halogens is 1. The molecule has 0 saturated heterocycles. The van der Waals surface area contributed by atoms with Crippen LogP contribution in [0, 0.1) is 3.57 Å². The molecule has 6 heteroatoms. The van der Waals surface area contributed by atoms with Crippen molar-refractivity contribution in [3.63, 3.8) is 0 Å². The first-order valence-electron chi connectivity index (χ1n) is 5.36. The zero-order valence-corrected chi connectivity index (χ0v) is 11.8. The van der Waals surface area contributed by atoms with E-state index in [1.807, 2.05) is 0 Å². The van der Waals surface area contributed by atoms with Crippen LogP contribution in [0.15, 0.2) is 18.2 Å². The average Bonchev–Trinajstić information content (AvgIpc) is 2.55. The van der Waals surface area contributed by atoms with E-state index in [1.54, 1.807) is 25.1 Å². The quantitative estimate of drug-likeness (QED) is 0.465. The third kappa shape index (κ3) is 2.24. The molecule has 0 fully saturated rings. The van der Waals surface area contributed by atoms with Gasteiger partial charge in [0.25, 0.3) is 11.7 Å². The van der Waals surface area contributed by atoms with E-state index in [0.717, 1.165) is 8.47 Å². The molecule has 18 heavy (non-hydrogen) atoms. The molecule has 0 aliphatic carbocycles. The fraction of sp³-hybridized carbons (Fsp3) is 0.250. The summed E-state index contributed by atoms with van der Waals surface area (Å²) in [5.74, 6) is -1.78. The highest BCUT2D eigenvalue weighted by Crippen LogP contribution is 2.29. The summed E-state index contributed by atoms with van der Waals surface area (Å²) in [7, 11) is 0. The predicted molar refractivity (Wildman–Crippen MR) is 72.5 cm³/mol. The minimum absolute atomic E-state index is 0.230. The van der Waals surface area contributed by atoms with E-state index in [4.69, 9.17) is 4.74 Å². The topological polar surface area (TPSA) is 63.7 Å². The second kappa shape index (κ2) is 5.05. The smallest absolute Gasteiger partial charge is 0.326 e. The van der Waals surface area contributed by atoms with Crippen molar-refractivity contribution < 1.29 is 19.1 Å². The Morgan fingerprint density at radius 1 is 1.39 bits per heavy atom. The monoisotopic (exact) mass is 359 g/mol. The Bertz CT molecular complexity index is 541. The van der Waals surface area contributed by atoms with Gasteiger partial charge in [0, 0.05) is 3.57 Å². The van der Waals surface area contributed by atoms with Crippen LogP contribution in [0.4, 0.5) is 5.69 Å². The van der Waals surface area contributed by atoms with E-state index in [-0.39, 0.29) is 13.2 Å². The van der Waals surface area contributed by atoms with E-state index >= 15 is 0 Å². The van der Waals surface area contributed by atoms with E-state index in [0.29, 0.717) is 11.3 Å². The lowest BCUT2D eigenvalue weighted by Gasteiger charge is -2.15. The lowest BCUT2D eigenvalue weighted by molar-refractivity contribution is -0.142. The van der Waals surface area contributed by atoms with Gasteiger partial charge in [0.1, 0.15) is 6.54 Å². The highest BCUT2D eigenvalue weighted by Gasteiger charge is 2.37. The van der Waals surface area contributed by atoms with Gasteiger partial charge < -0.3 is 4.74 Å². The largest absolute Gasteiger partial charge is 0.465 e. The van der Waals surface area contributed by atoms with Gasteiger partial charge in [0.05, 0.1) is 17.9 Å². The summed E-state index contributed by atoms with van der Waals surface area (Å²) in [5, 5.41) is 0. The van der Waals surface area contributed by atoms with Crippen LogP contribution in [0.2, 0.25) is 0 Å². The highest BCUT2D eigenvalue weighted by atomic mass is 127. The van der Waals surface area contributed by atoms with Gasteiger partial charge in [0.2, 0.25) is 0 Å². The molecule has 5 nitrogen and oxygen atoms in total. The molecule has 1 aliphatic heterocycles. The summed E-state index contributed by atoms with van der Waals surface area (Å²) in [6, 6.07) is 5.09. The molecule has 2 rings (SSSR count). The molecular formula is C12H10INO4. The third-order valence-electron chi connectivity index (χ3n) is 2.53. The van der Waals surface area contributed by atoms with Crippen LogP contribution in [0.1, 0.15) is 17.3 Å². The molecule has 0 bridgehead atoms. The second-order valence-electron chi connectivity index (χ2n) is 3.69. The normalized spacial score (nSPS) is 13.8. The highest BCUT2D eigenvalue weighted by molar-refractivity contribution is 14.1. The lowest BCUT2D eigenvalue weighted by atomic mass is 10.1. The number of hydrogen-bond acceptors (Lipinski definition) is 4. The van der Waals surface area contributed by atoms with Crippen molar-refractivity contribution >= 4 is 45.9 Å². The minimum atomic E-state index is -0.681. The molecule has 0 unspecified atom stereocenters. The summed E-state index contributed by atoms with van der Waals surface area (Å²) in [4.78, 5) is 36.1. The summed E-state index contributed by atoms with van der Waals surface area (Å²) < 4.78 is 5.65. The molecule has 1 aliphatic rings. The molecular weight excluding hydrogens is 349 g/mol. The Morgan fingerprint density at radius 3 is 2.78 bits per heavy atom. The Hall–Kier alpha value is -1.44. The van der Waals surface area contributed by atoms with Crippen molar-refractivity contribution in [2.24, 2.45) is 0 Å². The van der Waals surface area contributed by atoms with E-state index in [1.165, 1.54) is 0 Å². The van der Waals surface area contributed by atoms with Crippen LogP contribution in [-0.2, 0) is 14.3 Å². The molecule has 1 aromatic rings. The number of rotatable bonds is 3. The van der Waals surface area contributed by atoms with Crippen LogP contribution >= 0.6 is 22.6 Å². The number of esters is 1. The fourth-order valence-corrected chi connectivity index (χ4v) is 2.26. The summed E-state index contributed by atoms with van der Waals surface area (Å²) in [6.07, 6.45) is 0. The number of benzene rings is 1. The fourth-order valence-electron chi connectivity index (χ4n) is 1.77. The molecule has 0 atom stereocenters. The average molecular weight is 359 g/mol. The first kappa shape index (κ1) is 13.0. The van der Waals surface area contributed by atoms with E-state index in [2.05, 4.69) is 22.6 Å². The number of nitrogens with zero attached hydrogens (tertiary/aromatic N) is 1. The number of ketones is 1. The van der Waals surface area contributed by atoms with Gasteiger partial charge in [-0.3, -0.25) is 19.3 Å². The van der Waals surface area contributed by atoms with Crippen LogP contribution < -0.4 is 4.90 Å². The maximum Gasteiger partial charge on any atom is 0.326 e. The number of anilines is 1. The molecule has 0 aromatic heterocycles. The number of amides is 1. The number of carbonyl (C=O) groups excluding carboxylic acids is 3. The summed E-state index contributed by atoms with van der Waals surface area (Å²) >= 11 is 2.06. The molecule has 1 aromatic carbocycles. The SMILES string of the molecule is CCOC(=O)CN1C(=O)C(=O)c2cc(I)ccc21. The number of ether oxygens (including phenoxy) is 1. The number of Topliss-reactive ketones (excluding diaryl/α,β-unsaturated/α-hetero) is 1. The van der Waals surface area contributed by atoms with E-state index in [9.17, 15) is 14.4 Å². The van der Waals surface area contributed by atoms with Crippen LogP contribution in [0.5, 0.6) is 0 Å². The zero-order chi connectivity index (χ0) is 13.3. The Morgan fingerprint density at radius 2 is 2.11 bits per heavy atom. The van der Waals surface area contributed by atoms with Crippen molar-refractivity contribution in [1.82, 2.24) is 0 Å². The predicted octanol–water partition coefficient (Wildman–Crippen LogP) is 1.38. The van der Waals surface area contributed by atoms with Crippen molar-refractivity contribution in [3.05, 3.63) is 27.3 Å². The zero-order valence-electron chi connectivity index (χ0n) is 9.60. The number of hydrogen-bond donors (Lipinski definition) is 0.